The molecule has 40 heavy (non-hydrogen) atoms. The van der Waals surface area contributed by atoms with Gasteiger partial charge in [0.15, 0.2) is 5.76 Å². The largest absolute Gasteiger partial charge is 0.496 e. The molecule has 1 aromatic carbocycles. The zero-order valence-electron chi connectivity index (χ0n) is 22.1. The van der Waals surface area contributed by atoms with Gasteiger partial charge in [0.25, 0.3) is 5.91 Å². The molecule has 0 aliphatic carbocycles. The van der Waals surface area contributed by atoms with Crippen molar-refractivity contribution in [1.82, 2.24) is 24.9 Å². The highest BCUT2D eigenvalue weighted by atomic mass is 32.1. The zero-order chi connectivity index (χ0) is 28.1. The molecule has 0 spiro atoms. The van der Waals surface area contributed by atoms with Crippen molar-refractivity contribution in [3.05, 3.63) is 52.7 Å². The molecule has 1 amide bonds. The molecule has 1 aliphatic heterocycles. The fourth-order valence-corrected chi connectivity index (χ4v) is 5.20. The van der Waals surface area contributed by atoms with Crippen molar-refractivity contribution in [2.45, 2.75) is 19.3 Å². The van der Waals surface area contributed by atoms with E-state index in [0.29, 0.717) is 40.1 Å². The van der Waals surface area contributed by atoms with Crippen LogP contribution in [0.5, 0.6) is 17.2 Å². The maximum atomic E-state index is 13.3. The SMILES string of the molecule is COc1cccc(OC)c1-c1cc(C(=O)Nc2nnc(-n3nccc3N)s2)oc(=O)c1OCCN1CCCCC1. The number of nitrogens with zero attached hydrogens (tertiary/aromatic N) is 5. The summed E-state index contributed by atoms with van der Waals surface area (Å²) in [6, 6.07) is 8.26. The quantitative estimate of drug-likeness (QED) is 0.290. The normalized spacial score (nSPS) is 13.7. The second-order valence-electron chi connectivity index (χ2n) is 8.94. The van der Waals surface area contributed by atoms with E-state index in [1.165, 1.54) is 37.6 Å². The highest BCUT2D eigenvalue weighted by Gasteiger charge is 2.25. The number of anilines is 2. The average Bonchev–Trinajstić information content (AvgIpc) is 3.62. The van der Waals surface area contributed by atoms with Crippen molar-refractivity contribution < 1.29 is 23.4 Å². The van der Waals surface area contributed by atoms with Gasteiger partial charge in [-0.3, -0.25) is 15.0 Å². The smallest absolute Gasteiger partial charge is 0.379 e. The third-order valence-corrected chi connectivity index (χ3v) is 7.23. The summed E-state index contributed by atoms with van der Waals surface area (Å²) in [5.74, 6) is 0.232. The first-order chi connectivity index (χ1) is 19.5. The van der Waals surface area contributed by atoms with Crippen LogP contribution in [0.3, 0.4) is 0 Å². The van der Waals surface area contributed by atoms with Gasteiger partial charge in [-0.2, -0.15) is 9.78 Å². The summed E-state index contributed by atoms with van der Waals surface area (Å²) in [5, 5.41) is 15.2. The van der Waals surface area contributed by atoms with Gasteiger partial charge >= 0.3 is 5.63 Å². The van der Waals surface area contributed by atoms with Crippen LogP contribution in [-0.2, 0) is 0 Å². The van der Waals surface area contributed by atoms with Crippen molar-refractivity contribution in [1.29, 1.82) is 0 Å². The van der Waals surface area contributed by atoms with E-state index in [4.69, 9.17) is 24.4 Å². The molecule has 5 rings (SSSR count). The first-order valence-corrected chi connectivity index (χ1v) is 13.5. The summed E-state index contributed by atoms with van der Waals surface area (Å²) >= 11 is 1.05. The molecule has 4 heterocycles. The Bertz CT molecular complexity index is 1520. The van der Waals surface area contributed by atoms with E-state index in [1.807, 2.05) is 0 Å². The van der Waals surface area contributed by atoms with Crippen LogP contribution in [0, 0.1) is 0 Å². The lowest BCUT2D eigenvalue weighted by molar-refractivity contribution is 0.0991. The van der Waals surface area contributed by atoms with Gasteiger partial charge in [-0.15, -0.1) is 10.2 Å². The Kier molecular flexibility index (Phi) is 8.26. The Morgan fingerprint density at radius 2 is 1.88 bits per heavy atom. The van der Waals surface area contributed by atoms with Gasteiger partial charge in [-0.25, -0.2) is 4.79 Å². The number of ether oxygens (including phenoxy) is 3. The molecule has 0 radical (unpaired) electrons. The van der Waals surface area contributed by atoms with Gasteiger partial charge in [0.1, 0.15) is 23.9 Å². The van der Waals surface area contributed by atoms with E-state index in [0.717, 1.165) is 37.3 Å². The number of likely N-dealkylation sites (tertiary alicyclic amines) is 1. The molecule has 14 heteroatoms. The highest BCUT2D eigenvalue weighted by molar-refractivity contribution is 7.17. The summed E-state index contributed by atoms with van der Waals surface area (Å²) < 4.78 is 23.9. The Labute approximate surface area is 233 Å². The molecular formula is C26H29N7O6S. The Morgan fingerprint density at radius 1 is 1.12 bits per heavy atom. The molecule has 0 unspecified atom stereocenters. The van der Waals surface area contributed by atoms with Crippen molar-refractivity contribution in [2.75, 3.05) is 51.5 Å². The molecule has 0 atom stereocenters. The third kappa shape index (κ3) is 5.77. The highest BCUT2D eigenvalue weighted by Crippen LogP contribution is 2.42. The zero-order valence-corrected chi connectivity index (χ0v) is 22.9. The Balaban J connectivity index is 1.47. The van der Waals surface area contributed by atoms with E-state index in [2.05, 4.69) is 25.5 Å². The first-order valence-electron chi connectivity index (χ1n) is 12.7. The van der Waals surface area contributed by atoms with Crippen LogP contribution >= 0.6 is 11.3 Å². The number of piperidine rings is 1. The molecule has 210 valence electrons. The van der Waals surface area contributed by atoms with E-state index in [-0.39, 0.29) is 23.2 Å². The number of carbonyl (C=O) groups is 1. The monoisotopic (exact) mass is 567 g/mol. The van der Waals surface area contributed by atoms with Crippen LogP contribution in [0.1, 0.15) is 29.8 Å². The van der Waals surface area contributed by atoms with Gasteiger partial charge in [0.2, 0.25) is 16.0 Å². The second-order valence-corrected chi connectivity index (χ2v) is 9.90. The van der Waals surface area contributed by atoms with Gasteiger partial charge in [-0.1, -0.05) is 23.8 Å². The number of nitrogens with one attached hydrogen (secondary N) is 1. The Morgan fingerprint density at radius 3 is 2.55 bits per heavy atom. The molecule has 13 nitrogen and oxygen atoms in total. The number of hydrogen-bond acceptors (Lipinski definition) is 12. The van der Waals surface area contributed by atoms with Crippen LogP contribution in [0.2, 0.25) is 0 Å². The summed E-state index contributed by atoms with van der Waals surface area (Å²) in [6.07, 6.45) is 5.02. The number of methoxy groups -OCH3 is 2. The van der Waals surface area contributed by atoms with E-state index in [9.17, 15) is 9.59 Å². The van der Waals surface area contributed by atoms with Gasteiger partial charge in [0.05, 0.1) is 26.0 Å². The lowest BCUT2D eigenvalue weighted by atomic mass is 10.0. The van der Waals surface area contributed by atoms with Crippen LogP contribution in [0.25, 0.3) is 16.3 Å². The van der Waals surface area contributed by atoms with Gasteiger partial charge in [-0.05, 0) is 44.1 Å². The molecule has 0 saturated carbocycles. The molecule has 0 bridgehead atoms. The van der Waals surface area contributed by atoms with Crippen LogP contribution in [-0.4, -0.2) is 71.2 Å². The number of nitrogens with two attached hydrogens (primary N) is 1. The van der Waals surface area contributed by atoms with Gasteiger partial charge < -0.3 is 24.4 Å². The maximum absolute atomic E-state index is 13.3. The average molecular weight is 568 g/mol. The number of hydrogen-bond donors (Lipinski definition) is 2. The molecule has 4 aromatic rings. The van der Waals surface area contributed by atoms with Crippen LogP contribution < -0.4 is 30.9 Å². The summed E-state index contributed by atoms with van der Waals surface area (Å²) in [4.78, 5) is 28.7. The summed E-state index contributed by atoms with van der Waals surface area (Å²) in [5.41, 5.74) is 5.82. The van der Waals surface area contributed by atoms with Crippen molar-refractivity contribution in [3.8, 4) is 33.5 Å². The first kappa shape index (κ1) is 27.1. The van der Waals surface area contributed by atoms with Crippen LogP contribution in [0.4, 0.5) is 10.9 Å². The number of nitrogen functional groups attached to an aromatic ring is 1. The maximum Gasteiger partial charge on any atom is 0.379 e. The minimum Gasteiger partial charge on any atom is -0.496 e. The van der Waals surface area contributed by atoms with Crippen molar-refractivity contribution >= 4 is 28.2 Å². The molecular weight excluding hydrogens is 538 g/mol. The lowest BCUT2D eigenvalue weighted by Crippen LogP contribution is -2.33. The molecule has 3 aromatic heterocycles. The third-order valence-electron chi connectivity index (χ3n) is 6.42. The number of carbonyl (C=O) groups excluding carboxylic acids is 1. The van der Waals surface area contributed by atoms with Gasteiger partial charge in [0, 0.05) is 18.2 Å². The lowest BCUT2D eigenvalue weighted by Gasteiger charge is -2.26. The predicted molar refractivity (Wildman–Crippen MR) is 149 cm³/mol. The van der Waals surface area contributed by atoms with Crippen molar-refractivity contribution in [3.63, 3.8) is 0 Å². The molecule has 3 N–H and O–H groups in total. The molecule has 1 saturated heterocycles. The molecule has 1 aliphatic rings. The standard InChI is InChI=1S/C26H29N7O6S/c1-36-17-7-6-8-18(37-2)21(17)16-15-19(39-24(35)22(16)38-14-13-32-11-4-3-5-12-32)23(34)29-25-30-31-26(40-25)33-20(27)9-10-28-33/h6-10,15H,3-5,11-14,27H2,1-2H3,(H,29,30,34). The van der Waals surface area contributed by atoms with E-state index < -0.39 is 11.5 Å². The number of amides is 1. The van der Waals surface area contributed by atoms with Crippen LogP contribution in [0.15, 0.2) is 45.7 Å². The minimum atomic E-state index is -0.809. The van der Waals surface area contributed by atoms with E-state index in [1.54, 1.807) is 24.3 Å². The minimum absolute atomic E-state index is 0.0382. The fourth-order valence-electron chi connectivity index (χ4n) is 4.48. The Hall–Kier alpha value is -4.43. The van der Waals surface area contributed by atoms with Crippen molar-refractivity contribution in [2.24, 2.45) is 0 Å². The summed E-state index contributed by atoms with van der Waals surface area (Å²) in [6.45, 7) is 2.91. The number of benzene rings is 1. The second kappa shape index (κ2) is 12.2. The topological polar surface area (TPSA) is 160 Å². The predicted octanol–water partition coefficient (Wildman–Crippen LogP) is 3.06. The number of aromatic nitrogens is 4. The summed E-state index contributed by atoms with van der Waals surface area (Å²) in [7, 11) is 3.02. The fraction of sp³-hybridized carbons (Fsp3) is 0.346. The number of rotatable bonds is 10. The molecule has 1 fully saturated rings. The van der Waals surface area contributed by atoms with E-state index >= 15 is 0 Å².